The summed E-state index contributed by atoms with van der Waals surface area (Å²) in [6, 6.07) is 10.4. The Morgan fingerprint density at radius 3 is 2.81 bits per heavy atom. The Kier molecular flexibility index (Phi) is 4.45. The van der Waals surface area contributed by atoms with E-state index in [9.17, 15) is 9.18 Å². The molecule has 0 bridgehead atoms. The molecule has 1 N–H and O–H groups in total. The van der Waals surface area contributed by atoms with Gasteiger partial charge in [0, 0.05) is 41.7 Å². The van der Waals surface area contributed by atoms with Gasteiger partial charge < -0.3 is 9.88 Å². The van der Waals surface area contributed by atoms with Crippen LogP contribution >= 0.6 is 11.6 Å². The maximum absolute atomic E-state index is 14.0. The van der Waals surface area contributed by atoms with Crippen LogP contribution in [0.5, 0.6) is 0 Å². The largest absolute Gasteiger partial charge is 0.360 e. The first-order chi connectivity index (χ1) is 12.6. The van der Waals surface area contributed by atoms with Crippen LogP contribution in [0.1, 0.15) is 25.3 Å². The number of nitrogens with zero attached hydrogens (tertiary/aromatic N) is 1. The number of halogens is 2. The molecule has 1 fully saturated rings. The van der Waals surface area contributed by atoms with Gasteiger partial charge >= 0.3 is 0 Å². The summed E-state index contributed by atoms with van der Waals surface area (Å²) in [4.78, 5) is 17.5. The summed E-state index contributed by atoms with van der Waals surface area (Å²) in [5.74, 6) is 0.0128. The highest BCUT2D eigenvalue weighted by Gasteiger charge is 2.33. The highest BCUT2D eigenvalue weighted by Crippen LogP contribution is 2.37. The van der Waals surface area contributed by atoms with Crippen LogP contribution in [0.2, 0.25) is 5.02 Å². The van der Waals surface area contributed by atoms with Gasteiger partial charge in [-0.2, -0.15) is 0 Å². The fraction of sp³-hybridized carbons (Fsp3) is 0.286. The maximum Gasteiger partial charge on any atom is 0.225 e. The number of fused-ring (bicyclic) bond motifs is 1. The number of H-pyrrole nitrogens is 1. The summed E-state index contributed by atoms with van der Waals surface area (Å²) < 4.78 is 14.0. The molecule has 1 saturated carbocycles. The lowest BCUT2D eigenvalue weighted by Gasteiger charge is -2.22. The molecule has 5 heteroatoms. The van der Waals surface area contributed by atoms with Gasteiger partial charge in [0.15, 0.2) is 0 Å². The topological polar surface area (TPSA) is 36.1 Å². The Morgan fingerprint density at radius 2 is 2.08 bits per heavy atom. The van der Waals surface area contributed by atoms with Crippen molar-refractivity contribution in [3.8, 4) is 11.1 Å². The third-order valence-electron chi connectivity index (χ3n) is 4.99. The third kappa shape index (κ3) is 3.10. The number of carbonyl (C=O) groups excluding carboxylic acids is 1. The fourth-order valence-corrected chi connectivity index (χ4v) is 3.72. The Morgan fingerprint density at radius 1 is 1.27 bits per heavy atom. The van der Waals surface area contributed by atoms with Gasteiger partial charge in [-0.25, -0.2) is 4.39 Å². The summed E-state index contributed by atoms with van der Waals surface area (Å²) in [6.45, 7) is 2.97. The molecular weight excluding hydrogens is 351 g/mol. The van der Waals surface area contributed by atoms with Crippen LogP contribution in [0.15, 0.2) is 42.6 Å². The number of rotatable bonds is 5. The normalized spacial score (nSPS) is 14.0. The molecule has 3 nitrogen and oxygen atoms in total. The van der Waals surface area contributed by atoms with Crippen molar-refractivity contribution >= 4 is 28.4 Å². The molecule has 1 aromatic heterocycles. The van der Waals surface area contributed by atoms with Gasteiger partial charge in [0.2, 0.25) is 5.91 Å². The Bertz CT molecular complexity index is 977. The van der Waals surface area contributed by atoms with Crippen molar-refractivity contribution in [2.45, 2.75) is 26.3 Å². The molecule has 2 aromatic carbocycles. The maximum atomic E-state index is 14.0. The molecule has 3 aromatic rings. The monoisotopic (exact) mass is 370 g/mol. The van der Waals surface area contributed by atoms with E-state index in [2.05, 4.69) is 4.98 Å². The van der Waals surface area contributed by atoms with Gasteiger partial charge in [-0.1, -0.05) is 23.7 Å². The number of hydrogen-bond acceptors (Lipinski definition) is 1. The zero-order valence-electron chi connectivity index (χ0n) is 14.6. The predicted octanol–water partition coefficient (Wildman–Crippen LogP) is 5.39. The van der Waals surface area contributed by atoms with E-state index >= 15 is 0 Å². The Balaban J connectivity index is 1.78. The molecule has 134 valence electrons. The molecular formula is C21H20ClFN2O. The van der Waals surface area contributed by atoms with Crippen LogP contribution in [0.25, 0.3) is 22.0 Å². The van der Waals surface area contributed by atoms with Crippen LogP contribution in [-0.4, -0.2) is 22.3 Å². The fourth-order valence-electron chi connectivity index (χ4n) is 3.45. The van der Waals surface area contributed by atoms with E-state index < -0.39 is 0 Å². The molecule has 0 saturated heterocycles. The number of aromatic amines is 1. The summed E-state index contributed by atoms with van der Waals surface area (Å²) >= 11 is 6.41. The van der Waals surface area contributed by atoms with Crippen molar-refractivity contribution in [2.75, 3.05) is 6.54 Å². The molecule has 0 atom stereocenters. The van der Waals surface area contributed by atoms with Crippen molar-refractivity contribution in [3.63, 3.8) is 0 Å². The van der Waals surface area contributed by atoms with Crippen LogP contribution in [0, 0.1) is 11.7 Å². The first-order valence-electron chi connectivity index (χ1n) is 8.91. The molecule has 1 amide bonds. The first-order valence-corrected chi connectivity index (χ1v) is 9.29. The third-order valence-corrected chi connectivity index (χ3v) is 5.31. The quantitative estimate of drug-likeness (QED) is 0.642. The minimum absolute atomic E-state index is 0.148. The van der Waals surface area contributed by atoms with Crippen molar-refractivity contribution in [3.05, 3.63) is 59.0 Å². The summed E-state index contributed by atoms with van der Waals surface area (Å²) in [5, 5.41) is 1.56. The van der Waals surface area contributed by atoms with Gasteiger partial charge in [0.1, 0.15) is 5.82 Å². The van der Waals surface area contributed by atoms with E-state index in [1.165, 1.54) is 12.1 Å². The zero-order chi connectivity index (χ0) is 18.3. The molecule has 1 heterocycles. The standard InChI is InChI=1S/C21H20ClFN2O/c1-2-25(21(26)13-6-7-13)12-14-10-15(23)8-9-16(14)17-11-24-19-5-3-4-18(22)20(17)19/h3-5,8-11,13,24H,2,6-7,12H2,1H3. The molecule has 0 spiro atoms. The number of amides is 1. The second kappa shape index (κ2) is 6.76. The van der Waals surface area contributed by atoms with Gasteiger partial charge in [-0.3, -0.25) is 4.79 Å². The average molecular weight is 371 g/mol. The minimum Gasteiger partial charge on any atom is -0.360 e. The van der Waals surface area contributed by atoms with Crippen LogP contribution < -0.4 is 0 Å². The summed E-state index contributed by atoms with van der Waals surface area (Å²) in [7, 11) is 0. The molecule has 1 aliphatic carbocycles. The number of carbonyl (C=O) groups is 1. The Hall–Kier alpha value is -2.33. The SMILES string of the molecule is CCN(Cc1cc(F)ccc1-c1c[nH]c2cccc(Cl)c12)C(=O)C1CC1. The van der Waals surface area contributed by atoms with E-state index in [0.717, 1.165) is 40.4 Å². The first kappa shape index (κ1) is 17.1. The van der Waals surface area contributed by atoms with Gasteiger partial charge in [-0.15, -0.1) is 0 Å². The smallest absolute Gasteiger partial charge is 0.225 e. The molecule has 0 aliphatic heterocycles. The molecule has 1 aliphatic rings. The predicted molar refractivity (Wildman–Crippen MR) is 103 cm³/mol. The zero-order valence-corrected chi connectivity index (χ0v) is 15.3. The van der Waals surface area contributed by atoms with E-state index in [4.69, 9.17) is 11.6 Å². The molecule has 26 heavy (non-hydrogen) atoms. The molecule has 0 radical (unpaired) electrons. The summed E-state index contributed by atoms with van der Waals surface area (Å²) in [6.07, 6.45) is 3.82. The van der Waals surface area contributed by atoms with E-state index in [-0.39, 0.29) is 17.6 Å². The second-order valence-electron chi connectivity index (χ2n) is 6.79. The van der Waals surface area contributed by atoms with E-state index in [0.29, 0.717) is 18.1 Å². The van der Waals surface area contributed by atoms with Crippen LogP contribution in [0.4, 0.5) is 4.39 Å². The van der Waals surface area contributed by atoms with Crippen molar-refractivity contribution in [1.82, 2.24) is 9.88 Å². The van der Waals surface area contributed by atoms with Gasteiger partial charge in [0.05, 0.1) is 5.02 Å². The number of aromatic nitrogens is 1. The van der Waals surface area contributed by atoms with Crippen LogP contribution in [0.3, 0.4) is 0 Å². The van der Waals surface area contributed by atoms with E-state index in [1.54, 1.807) is 6.07 Å². The van der Waals surface area contributed by atoms with Gasteiger partial charge in [0.25, 0.3) is 0 Å². The lowest BCUT2D eigenvalue weighted by atomic mass is 9.98. The van der Waals surface area contributed by atoms with Crippen molar-refractivity contribution < 1.29 is 9.18 Å². The second-order valence-corrected chi connectivity index (χ2v) is 7.20. The highest BCUT2D eigenvalue weighted by molar-refractivity contribution is 6.36. The number of nitrogens with one attached hydrogen (secondary N) is 1. The Labute approximate surface area is 156 Å². The lowest BCUT2D eigenvalue weighted by Crippen LogP contribution is -2.31. The van der Waals surface area contributed by atoms with E-state index in [1.807, 2.05) is 36.2 Å². The number of hydrogen-bond donors (Lipinski definition) is 1. The summed E-state index contributed by atoms with van der Waals surface area (Å²) in [5.41, 5.74) is 3.55. The van der Waals surface area contributed by atoms with Crippen LogP contribution in [-0.2, 0) is 11.3 Å². The molecule has 0 unspecified atom stereocenters. The highest BCUT2D eigenvalue weighted by atomic mass is 35.5. The lowest BCUT2D eigenvalue weighted by molar-refractivity contribution is -0.132. The number of benzene rings is 2. The van der Waals surface area contributed by atoms with Crippen molar-refractivity contribution in [2.24, 2.45) is 5.92 Å². The molecule has 4 rings (SSSR count). The minimum atomic E-state index is -0.301. The van der Waals surface area contributed by atoms with Gasteiger partial charge in [-0.05, 0) is 55.2 Å². The average Bonchev–Trinajstić information content (AvgIpc) is 3.39. The van der Waals surface area contributed by atoms with Crippen molar-refractivity contribution in [1.29, 1.82) is 0 Å².